The van der Waals surface area contributed by atoms with E-state index in [1.165, 1.54) is 0 Å². The number of aromatic nitrogens is 1. The van der Waals surface area contributed by atoms with Gasteiger partial charge in [0.25, 0.3) is 0 Å². The van der Waals surface area contributed by atoms with Gasteiger partial charge in [-0.05, 0) is 31.2 Å². The number of rotatable bonds is 6. The third-order valence-electron chi connectivity index (χ3n) is 3.88. The number of amides is 1. The van der Waals surface area contributed by atoms with Gasteiger partial charge in [0, 0.05) is 11.1 Å². The first kappa shape index (κ1) is 15.2. The summed E-state index contributed by atoms with van der Waals surface area (Å²) in [7, 11) is 0. The van der Waals surface area contributed by atoms with E-state index < -0.39 is 6.10 Å². The van der Waals surface area contributed by atoms with Crippen LogP contribution in [0.25, 0.3) is 0 Å². The Morgan fingerprint density at radius 2 is 2.14 bits per heavy atom. The first-order valence-corrected chi connectivity index (χ1v) is 8.40. The van der Waals surface area contributed by atoms with Crippen molar-refractivity contribution in [2.75, 3.05) is 0 Å². The smallest absolute Gasteiger partial charge is 0.223 e. The zero-order valence-corrected chi connectivity index (χ0v) is 13.3. The summed E-state index contributed by atoms with van der Waals surface area (Å²) < 4.78 is 0. The number of nitrogens with zero attached hydrogens (tertiary/aromatic N) is 1. The molecule has 3 rings (SSSR count). The third kappa shape index (κ3) is 3.72. The standard InChI is InChI=1S/C17H20N2O2S/c1-11-10-18-17(22-11)16(13-7-8-13)19-15(21)9-14(20)12-5-3-2-4-6-12/h2-6,10,13-14,16,20H,7-9H2,1H3,(H,19,21). The van der Waals surface area contributed by atoms with Gasteiger partial charge in [-0.2, -0.15) is 0 Å². The molecule has 1 aliphatic rings. The summed E-state index contributed by atoms with van der Waals surface area (Å²) in [6, 6.07) is 9.28. The molecule has 0 saturated heterocycles. The van der Waals surface area contributed by atoms with Crippen LogP contribution in [0.3, 0.4) is 0 Å². The van der Waals surface area contributed by atoms with E-state index in [9.17, 15) is 9.90 Å². The van der Waals surface area contributed by atoms with Crippen molar-refractivity contribution < 1.29 is 9.90 Å². The molecule has 1 aromatic carbocycles. The maximum absolute atomic E-state index is 12.3. The van der Waals surface area contributed by atoms with Crippen molar-refractivity contribution in [3.05, 3.63) is 52.0 Å². The number of aryl methyl sites for hydroxylation is 1. The molecule has 1 saturated carbocycles. The molecule has 1 aliphatic carbocycles. The van der Waals surface area contributed by atoms with E-state index in [-0.39, 0.29) is 18.4 Å². The third-order valence-corrected chi connectivity index (χ3v) is 4.87. The van der Waals surface area contributed by atoms with Crippen LogP contribution in [0.2, 0.25) is 0 Å². The maximum Gasteiger partial charge on any atom is 0.223 e. The van der Waals surface area contributed by atoms with Crippen molar-refractivity contribution in [3.8, 4) is 0 Å². The lowest BCUT2D eigenvalue weighted by Gasteiger charge is -2.17. The topological polar surface area (TPSA) is 62.2 Å². The number of hydrogen-bond donors (Lipinski definition) is 2. The maximum atomic E-state index is 12.3. The highest BCUT2D eigenvalue weighted by atomic mass is 32.1. The summed E-state index contributed by atoms with van der Waals surface area (Å²) in [6.45, 7) is 2.02. The first-order chi connectivity index (χ1) is 10.6. The molecule has 0 spiro atoms. The Morgan fingerprint density at radius 1 is 1.41 bits per heavy atom. The molecule has 1 aromatic heterocycles. The minimum Gasteiger partial charge on any atom is -0.388 e. The van der Waals surface area contributed by atoms with Crippen molar-refractivity contribution in [2.45, 2.75) is 38.3 Å². The molecule has 2 aromatic rings. The second-order valence-corrected chi connectivity index (χ2v) is 7.09. The SMILES string of the molecule is Cc1cnc(C(NC(=O)CC(O)c2ccccc2)C2CC2)s1. The van der Waals surface area contributed by atoms with Crippen molar-refractivity contribution >= 4 is 17.2 Å². The molecule has 2 N–H and O–H groups in total. The largest absolute Gasteiger partial charge is 0.388 e. The number of thiazole rings is 1. The molecule has 0 bridgehead atoms. The van der Waals surface area contributed by atoms with Gasteiger partial charge in [0.2, 0.25) is 5.91 Å². The van der Waals surface area contributed by atoms with Crippen LogP contribution in [-0.4, -0.2) is 16.0 Å². The number of carbonyl (C=O) groups excluding carboxylic acids is 1. The molecule has 1 fully saturated rings. The molecule has 0 aliphatic heterocycles. The fourth-order valence-corrected chi connectivity index (χ4v) is 3.45. The van der Waals surface area contributed by atoms with Gasteiger partial charge < -0.3 is 10.4 Å². The van der Waals surface area contributed by atoms with Crippen molar-refractivity contribution in [1.29, 1.82) is 0 Å². The zero-order valence-electron chi connectivity index (χ0n) is 12.5. The summed E-state index contributed by atoms with van der Waals surface area (Å²) in [5, 5.41) is 14.2. The van der Waals surface area contributed by atoms with Gasteiger partial charge >= 0.3 is 0 Å². The normalized spacial score (nSPS) is 17.0. The van der Waals surface area contributed by atoms with Crippen molar-refractivity contribution in [3.63, 3.8) is 0 Å². The monoisotopic (exact) mass is 316 g/mol. The fraction of sp³-hybridized carbons (Fsp3) is 0.412. The highest BCUT2D eigenvalue weighted by molar-refractivity contribution is 7.11. The molecule has 22 heavy (non-hydrogen) atoms. The highest BCUT2D eigenvalue weighted by Gasteiger charge is 2.35. The molecule has 4 nitrogen and oxygen atoms in total. The van der Waals surface area contributed by atoms with Crippen LogP contribution < -0.4 is 5.32 Å². The minimum atomic E-state index is -0.765. The number of carbonyl (C=O) groups is 1. The first-order valence-electron chi connectivity index (χ1n) is 7.58. The summed E-state index contributed by atoms with van der Waals surface area (Å²) >= 11 is 1.63. The van der Waals surface area contributed by atoms with Crippen molar-refractivity contribution in [2.24, 2.45) is 5.92 Å². The summed E-state index contributed by atoms with van der Waals surface area (Å²) in [6.07, 6.45) is 3.42. The van der Waals surface area contributed by atoms with Gasteiger partial charge in [-0.15, -0.1) is 11.3 Å². The Hall–Kier alpha value is -1.72. The quantitative estimate of drug-likeness (QED) is 0.860. The molecule has 2 atom stereocenters. The van der Waals surface area contributed by atoms with E-state index in [4.69, 9.17) is 0 Å². The number of aliphatic hydroxyl groups excluding tert-OH is 1. The van der Waals surface area contributed by atoms with E-state index in [0.29, 0.717) is 5.92 Å². The molecule has 1 heterocycles. The molecule has 1 amide bonds. The summed E-state index contributed by atoms with van der Waals surface area (Å²) in [4.78, 5) is 17.8. The minimum absolute atomic E-state index is 0.00540. The van der Waals surface area contributed by atoms with Gasteiger partial charge in [-0.25, -0.2) is 4.98 Å². The Kier molecular flexibility index (Phi) is 4.55. The van der Waals surface area contributed by atoms with E-state index in [1.807, 2.05) is 43.5 Å². The number of nitrogens with one attached hydrogen (secondary N) is 1. The van der Waals surface area contributed by atoms with Gasteiger partial charge in [-0.1, -0.05) is 30.3 Å². The molecular weight excluding hydrogens is 296 g/mol. The van der Waals surface area contributed by atoms with Crippen molar-refractivity contribution in [1.82, 2.24) is 10.3 Å². The van der Waals surface area contributed by atoms with Crippen LogP contribution in [0.5, 0.6) is 0 Å². The van der Waals surface area contributed by atoms with E-state index in [2.05, 4.69) is 10.3 Å². The number of benzene rings is 1. The van der Waals surface area contributed by atoms with E-state index in [1.54, 1.807) is 11.3 Å². The van der Waals surface area contributed by atoms with Crippen LogP contribution >= 0.6 is 11.3 Å². The Morgan fingerprint density at radius 3 is 2.73 bits per heavy atom. The molecule has 0 radical (unpaired) electrons. The van der Waals surface area contributed by atoms with Crippen LogP contribution in [0, 0.1) is 12.8 Å². The van der Waals surface area contributed by atoms with Crippen LogP contribution in [-0.2, 0) is 4.79 Å². The summed E-state index contributed by atoms with van der Waals surface area (Å²) in [5.41, 5.74) is 0.769. The Bertz CT molecular complexity index is 637. The lowest BCUT2D eigenvalue weighted by Crippen LogP contribution is -2.30. The average molecular weight is 316 g/mol. The average Bonchev–Trinajstić information content (AvgIpc) is 3.27. The lowest BCUT2D eigenvalue weighted by molar-refractivity contribution is -0.124. The second-order valence-electron chi connectivity index (χ2n) is 5.82. The van der Waals surface area contributed by atoms with Crippen LogP contribution in [0.4, 0.5) is 0 Å². The highest BCUT2D eigenvalue weighted by Crippen LogP contribution is 2.42. The van der Waals surface area contributed by atoms with Crippen LogP contribution in [0.15, 0.2) is 36.5 Å². The van der Waals surface area contributed by atoms with E-state index >= 15 is 0 Å². The van der Waals surface area contributed by atoms with E-state index in [0.717, 1.165) is 28.3 Å². The fourth-order valence-electron chi connectivity index (χ4n) is 2.53. The van der Waals surface area contributed by atoms with Gasteiger partial charge in [0.1, 0.15) is 5.01 Å². The van der Waals surface area contributed by atoms with Gasteiger partial charge in [-0.3, -0.25) is 4.79 Å². The molecule has 2 unspecified atom stereocenters. The predicted molar refractivity (Wildman–Crippen MR) is 86.5 cm³/mol. The Labute approximate surface area is 134 Å². The molecule has 5 heteroatoms. The second kappa shape index (κ2) is 6.58. The van der Waals surface area contributed by atoms with Gasteiger partial charge in [0.05, 0.1) is 18.6 Å². The number of hydrogen-bond acceptors (Lipinski definition) is 4. The Balaban J connectivity index is 1.62. The van der Waals surface area contributed by atoms with Gasteiger partial charge in [0.15, 0.2) is 0 Å². The number of aliphatic hydroxyl groups is 1. The van der Waals surface area contributed by atoms with Crippen LogP contribution in [0.1, 0.15) is 46.9 Å². The zero-order chi connectivity index (χ0) is 15.5. The lowest BCUT2D eigenvalue weighted by atomic mass is 10.1. The predicted octanol–water partition coefficient (Wildman–Crippen LogP) is 3.14. The summed E-state index contributed by atoms with van der Waals surface area (Å²) in [5.74, 6) is 0.365. The molecule has 116 valence electrons. The molecular formula is C17H20N2O2S.